The van der Waals surface area contributed by atoms with Gasteiger partial charge in [0.1, 0.15) is 0 Å². The number of fused-ring (bicyclic) bond motifs is 1. The highest BCUT2D eigenvalue weighted by Crippen LogP contribution is 2.31. The molecule has 0 bridgehead atoms. The molecule has 1 heterocycles. The Labute approximate surface area is 148 Å². The molecule has 1 aliphatic rings. The fraction of sp³-hybridized carbons (Fsp3) is 0.316. The number of benzene rings is 2. The second kappa shape index (κ2) is 7.27. The minimum atomic E-state index is -3.35. The van der Waals surface area contributed by atoms with Gasteiger partial charge in [-0.3, -0.25) is 9.52 Å². The Bertz CT molecular complexity index is 863. The largest absolute Gasteiger partial charge is 0.308 e. The Balaban J connectivity index is 1.92. The monoisotopic (exact) mass is 358 g/mol. The van der Waals surface area contributed by atoms with Gasteiger partial charge in [-0.25, -0.2) is 8.42 Å². The predicted octanol–water partition coefficient (Wildman–Crippen LogP) is 3.43. The summed E-state index contributed by atoms with van der Waals surface area (Å²) in [7, 11) is -3.35. The molecule has 0 aromatic heterocycles. The molecular formula is C19H22N2O3S. The van der Waals surface area contributed by atoms with E-state index in [1.54, 1.807) is 29.2 Å². The van der Waals surface area contributed by atoms with Crippen LogP contribution in [0, 0.1) is 0 Å². The molecule has 1 amide bonds. The average molecular weight is 358 g/mol. The lowest BCUT2D eigenvalue weighted by Gasteiger charge is -2.30. The molecule has 25 heavy (non-hydrogen) atoms. The highest BCUT2D eigenvalue weighted by Gasteiger charge is 2.24. The highest BCUT2D eigenvalue weighted by atomic mass is 32.2. The van der Waals surface area contributed by atoms with E-state index in [4.69, 9.17) is 0 Å². The van der Waals surface area contributed by atoms with Crippen LogP contribution < -0.4 is 9.62 Å². The molecule has 3 rings (SSSR count). The van der Waals surface area contributed by atoms with Gasteiger partial charge in [0.15, 0.2) is 0 Å². The molecule has 0 saturated heterocycles. The quantitative estimate of drug-likeness (QED) is 0.890. The van der Waals surface area contributed by atoms with Crippen molar-refractivity contribution < 1.29 is 13.2 Å². The van der Waals surface area contributed by atoms with Gasteiger partial charge in [-0.2, -0.15) is 0 Å². The van der Waals surface area contributed by atoms with Gasteiger partial charge in [-0.1, -0.05) is 31.2 Å². The molecule has 2 aromatic rings. The number of nitrogens with zero attached hydrogens (tertiary/aromatic N) is 1. The zero-order chi connectivity index (χ0) is 17.9. The van der Waals surface area contributed by atoms with Crippen molar-refractivity contribution in [3.63, 3.8) is 0 Å². The van der Waals surface area contributed by atoms with E-state index in [9.17, 15) is 13.2 Å². The highest BCUT2D eigenvalue weighted by molar-refractivity contribution is 7.92. The fourth-order valence-electron chi connectivity index (χ4n) is 3.08. The minimum absolute atomic E-state index is 0.0601. The summed E-state index contributed by atoms with van der Waals surface area (Å²) >= 11 is 0. The standard InChI is InChI=1S/C19H22N2O3S/c1-2-13-25(23,24)20-17-11-10-15-9-6-12-21(18(15)14-17)19(22)16-7-4-3-5-8-16/h3-5,7-8,10-11,14,20H,2,6,9,12-13H2,1H3. The Hall–Kier alpha value is -2.34. The van der Waals surface area contributed by atoms with Gasteiger partial charge in [0, 0.05) is 17.8 Å². The van der Waals surface area contributed by atoms with E-state index >= 15 is 0 Å². The molecule has 0 aliphatic carbocycles. The van der Waals surface area contributed by atoms with Crippen LogP contribution in [0.4, 0.5) is 11.4 Å². The number of aryl methyl sites for hydroxylation is 1. The van der Waals surface area contributed by atoms with Crippen LogP contribution in [0.15, 0.2) is 48.5 Å². The van der Waals surface area contributed by atoms with Crippen molar-refractivity contribution >= 4 is 27.3 Å². The number of rotatable bonds is 5. The maximum atomic E-state index is 12.8. The van der Waals surface area contributed by atoms with Crippen LogP contribution in [0.25, 0.3) is 0 Å². The third kappa shape index (κ3) is 4.02. The Kier molecular flexibility index (Phi) is 5.08. The third-order valence-corrected chi connectivity index (χ3v) is 5.71. The predicted molar refractivity (Wildman–Crippen MR) is 101 cm³/mol. The zero-order valence-electron chi connectivity index (χ0n) is 14.2. The third-order valence-electron chi connectivity index (χ3n) is 4.22. The van der Waals surface area contributed by atoms with Crippen LogP contribution in [0.3, 0.4) is 0 Å². The lowest BCUT2D eigenvalue weighted by molar-refractivity contribution is 0.0985. The molecule has 0 radical (unpaired) electrons. The first kappa shape index (κ1) is 17.5. The van der Waals surface area contributed by atoms with Crippen LogP contribution in [0.2, 0.25) is 0 Å². The molecule has 6 heteroatoms. The molecular weight excluding hydrogens is 336 g/mol. The van der Waals surface area contributed by atoms with Gasteiger partial charge in [-0.15, -0.1) is 0 Å². The van der Waals surface area contributed by atoms with Crippen molar-refractivity contribution in [3.05, 3.63) is 59.7 Å². The van der Waals surface area contributed by atoms with Crippen molar-refractivity contribution in [3.8, 4) is 0 Å². The van der Waals surface area contributed by atoms with Crippen molar-refractivity contribution in [2.24, 2.45) is 0 Å². The summed E-state index contributed by atoms with van der Waals surface area (Å²) in [5.74, 6) is 0.0200. The van der Waals surface area contributed by atoms with E-state index in [0.717, 1.165) is 24.1 Å². The average Bonchev–Trinajstić information content (AvgIpc) is 2.61. The summed E-state index contributed by atoms with van der Waals surface area (Å²) in [6, 6.07) is 14.6. The normalized spacial score (nSPS) is 14.0. The van der Waals surface area contributed by atoms with Gasteiger partial charge in [0.2, 0.25) is 10.0 Å². The van der Waals surface area contributed by atoms with E-state index in [0.29, 0.717) is 24.2 Å². The summed E-state index contributed by atoms with van der Waals surface area (Å²) in [6.07, 6.45) is 2.33. The number of carbonyl (C=O) groups is 1. The number of hydrogen-bond donors (Lipinski definition) is 1. The summed E-state index contributed by atoms with van der Waals surface area (Å²) in [6.45, 7) is 2.46. The van der Waals surface area contributed by atoms with Crippen molar-refractivity contribution in [2.75, 3.05) is 21.9 Å². The smallest absolute Gasteiger partial charge is 0.258 e. The van der Waals surface area contributed by atoms with Crippen LogP contribution in [-0.2, 0) is 16.4 Å². The van der Waals surface area contributed by atoms with Gasteiger partial charge >= 0.3 is 0 Å². The molecule has 0 spiro atoms. The first-order chi connectivity index (χ1) is 12.0. The number of carbonyl (C=O) groups excluding carboxylic acids is 1. The summed E-state index contributed by atoms with van der Waals surface area (Å²) < 4.78 is 26.6. The van der Waals surface area contributed by atoms with Crippen LogP contribution in [0.5, 0.6) is 0 Å². The number of amides is 1. The van der Waals surface area contributed by atoms with Crippen molar-refractivity contribution in [2.45, 2.75) is 26.2 Å². The molecule has 132 valence electrons. The summed E-state index contributed by atoms with van der Waals surface area (Å²) in [4.78, 5) is 14.6. The molecule has 0 atom stereocenters. The van der Waals surface area contributed by atoms with Gasteiger partial charge in [0.05, 0.1) is 11.4 Å². The van der Waals surface area contributed by atoms with Crippen molar-refractivity contribution in [1.82, 2.24) is 0 Å². The van der Waals surface area contributed by atoms with E-state index in [1.165, 1.54) is 0 Å². The molecule has 5 nitrogen and oxygen atoms in total. The molecule has 0 saturated carbocycles. The fourth-order valence-corrected chi connectivity index (χ4v) is 4.21. The maximum Gasteiger partial charge on any atom is 0.258 e. The van der Waals surface area contributed by atoms with Crippen LogP contribution in [-0.4, -0.2) is 26.6 Å². The number of hydrogen-bond acceptors (Lipinski definition) is 3. The van der Waals surface area contributed by atoms with Gasteiger partial charge in [-0.05, 0) is 49.1 Å². The van der Waals surface area contributed by atoms with Crippen LogP contribution in [0.1, 0.15) is 35.7 Å². The van der Waals surface area contributed by atoms with E-state index in [1.807, 2.05) is 31.2 Å². The first-order valence-electron chi connectivity index (χ1n) is 8.50. The van der Waals surface area contributed by atoms with E-state index < -0.39 is 10.0 Å². The van der Waals surface area contributed by atoms with E-state index in [-0.39, 0.29) is 11.7 Å². The number of nitrogens with one attached hydrogen (secondary N) is 1. The first-order valence-corrected chi connectivity index (χ1v) is 10.2. The SMILES string of the molecule is CCCS(=O)(=O)Nc1ccc2c(c1)N(C(=O)c1ccccc1)CCC2. The molecule has 0 unspecified atom stereocenters. The molecule has 0 fully saturated rings. The topological polar surface area (TPSA) is 66.5 Å². The minimum Gasteiger partial charge on any atom is -0.308 e. The second-order valence-corrected chi connectivity index (χ2v) is 8.03. The zero-order valence-corrected chi connectivity index (χ0v) is 15.1. The lowest BCUT2D eigenvalue weighted by Crippen LogP contribution is -2.35. The van der Waals surface area contributed by atoms with Gasteiger partial charge < -0.3 is 4.90 Å². The maximum absolute atomic E-state index is 12.8. The Morgan fingerprint density at radius 2 is 1.92 bits per heavy atom. The summed E-state index contributed by atoms with van der Waals surface area (Å²) in [5.41, 5.74) is 2.98. The van der Waals surface area contributed by atoms with Crippen LogP contribution >= 0.6 is 0 Å². The number of anilines is 2. The number of sulfonamides is 1. The second-order valence-electron chi connectivity index (χ2n) is 6.19. The van der Waals surface area contributed by atoms with Crippen molar-refractivity contribution in [1.29, 1.82) is 0 Å². The summed E-state index contributed by atoms with van der Waals surface area (Å²) in [5, 5.41) is 0. The molecule has 1 aliphatic heterocycles. The van der Waals surface area contributed by atoms with Gasteiger partial charge in [0.25, 0.3) is 5.91 Å². The molecule has 1 N–H and O–H groups in total. The Morgan fingerprint density at radius 3 is 2.64 bits per heavy atom. The Morgan fingerprint density at radius 1 is 1.16 bits per heavy atom. The molecule has 2 aromatic carbocycles. The van der Waals surface area contributed by atoms with E-state index in [2.05, 4.69) is 4.72 Å². The lowest BCUT2D eigenvalue weighted by atomic mass is 10.00.